The summed E-state index contributed by atoms with van der Waals surface area (Å²) in [6.45, 7) is 3.13. The molecule has 1 fully saturated rings. The zero-order valence-corrected chi connectivity index (χ0v) is 19.8. The van der Waals surface area contributed by atoms with Crippen LogP contribution in [0.5, 0.6) is 5.75 Å². The summed E-state index contributed by atoms with van der Waals surface area (Å²) in [5.41, 5.74) is 0. The van der Waals surface area contributed by atoms with Crippen LogP contribution in [0.4, 0.5) is 0 Å². The van der Waals surface area contributed by atoms with Crippen molar-refractivity contribution in [1.29, 1.82) is 0 Å². The first kappa shape index (κ1) is 23.0. The summed E-state index contributed by atoms with van der Waals surface area (Å²) in [6, 6.07) is 5.29. The van der Waals surface area contributed by atoms with Gasteiger partial charge in [-0.2, -0.15) is 0 Å². The molecule has 1 aromatic carbocycles. The van der Waals surface area contributed by atoms with Crippen LogP contribution in [0.25, 0.3) is 0 Å². The van der Waals surface area contributed by atoms with Crippen molar-refractivity contribution < 1.29 is 4.74 Å². The number of aliphatic imine (C=N–C) groups is 1. The van der Waals surface area contributed by atoms with Gasteiger partial charge in [-0.05, 0) is 37.0 Å². The van der Waals surface area contributed by atoms with Gasteiger partial charge in [-0.15, -0.1) is 34.2 Å². The number of nitrogens with zero attached hydrogens (tertiary/aromatic N) is 5. The molecule has 0 amide bonds. The average molecular weight is 539 g/mol. The largest absolute Gasteiger partial charge is 0.493 e. The van der Waals surface area contributed by atoms with Crippen molar-refractivity contribution in [1.82, 2.24) is 25.0 Å². The number of nitrogens with one attached hydrogen (secondary N) is 1. The molecule has 0 spiro atoms. The second-order valence-corrected chi connectivity index (χ2v) is 7.48. The lowest BCUT2D eigenvalue weighted by Gasteiger charge is -2.34. The van der Waals surface area contributed by atoms with Gasteiger partial charge in [0.25, 0.3) is 0 Å². The van der Waals surface area contributed by atoms with Gasteiger partial charge in [0.2, 0.25) is 0 Å². The molecular weight excluding hydrogens is 514 g/mol. The lowest BCUT2D eigenvalue weighted by Crippen LogP contribution is -2.46. The van der Waals surface area contributed by atoms with E-state index in [-0.39, 0.29) is 24.0 Å². The minimum absolute atomic E-state index is 0. The highest BCUT2D eigenvalue weighted by molar-refractivity contribution is 14.0. The van der Waals surface area contributed by atoms with Gasteiger partial charge in [-0.3, -0.25) is 4.99 Å². The zero-order valence-electron chi connectivity index (χ0n) is 15.9. The molecule has 1 aliphatic rings. The van der Waals surface area contributed by atoms with Crippen molar-refractivity contribution in [2.45, 2.75) is 19.4 Å². The molecule has 2 heterocycles. The van der Waals surface area contributed by atoms with Crippen LogP contribution in [-0.4, -0.2) is 52.4 Å². The predicted molar refractivity (Wildman–Crippen MR) is 123 cm³/mol. The number of halogens is 3. The van der Waals surface area contributed by atoms with Gasteiger partial charge >= 0.3 is 0 Å². The third-order valence-corrected chi connectivity index (χ3v) is 5.09. The molecule has 1 aromatic heterocycles. The van der Waals surface area contributed by atoms with Crippen LogP contribution in [0.15, 0.2) is 29.5 Å². The van der Waals surface area contributed by atoms with Gasteiger partial charge in [0, 0.05) is 37.2 Å². The fraction of sp³-hybridized carbons (Fsp3) is 0.500. The number of piperidine rings is 1. The first-order chi connectivity index (χ1) is 13.0. The SMILES string of the molecule is CN=C(NCc1nncn1C)N1CCC(COc2cc(Cl)cc(Cl)c2)CC1.I. The summed E-state index contributed by atoms with van der Waals surface area (Å²) in [7, 11) is 3.73. The molecule has 2 aromatic rings. The van der Waals surface area contributed by atoms with Crippen LogP contribution >= 0.6 is 47.2 Å². The minimum atomic E-state index is 0. The van der Waals surface area contributed by atoms with E-state index in [1.54, 1.807) is 31.6 Å². The number of benzene rings is 1. The van der Waals surface area contributed by atoms with Gasteiger partial charge < -0.3 is 19.5 Å². The first-order valence-corrected chi connectivity index (χ1v) is 9.68. The van der Waals surface area contributed by atoms with Crippen molar-refractivity contribution >= 4 is 53.1 Å². The Kier molecular flexibility index (Phi) is 9.10. The van der Waals surface area contributed by atoms with Crippen molar-refractivity contribution in [3.8, 4) is 5.75 Å². The van der Waals surface area contributed by atoms with Crippen molar-refractivity contribution in [3.63, 3.8) is 0 Å². The maximum Gasteiger partial charge on any atom is 0.194 e. The van der Waals surface area contributed by atoms with Gasteiger partial charge in [0.15, 0.2) is 11.8 Å². The Hall–Kier alpha value is -1.26. The number of guanidine groups is 1. The van der Waals surface area contributed by atoms with Crippen molar-refractivity contribution in [2.24, 2.45) is 18.0 Å². The average Bonchev–Trinajstić information content (AvgIpc) is 3.06. The Labute approximate surface area is 192 Å². The van der Waals surface area contributed by atoms with Crippen LogP contribution < -0.4 is 10.1 Å². The molecule has 1 N–H and O–H groups in total. The molecule has 154 valence electrons. The van der Waals surface area contributed by atoms with Gasteiger partial charge in [-0.25, -0.2) is 0 Å². The third kappa shape index (κ3) is 6.38. The molecule has 3 rings (SSSR count). The molecule has 0 saturated carbocycles. The number of rotatable bonds is 5. The highest BCUT2D eigenvalue weighted by atomic mass is 127. The number of hydrogen-bond acceptors (Lipinski definition) is 4. The molecule has 1 saturated heterocycles. The number of likely N-dealkylation sites (tertiary alicyclic amines) is 1. The summed E-state index contributed by atoms with van der Waals surface area (Å²) < 4.78 is 7.78. The Morgan fingerprint density at radius 2 is 1.93 bits per heavy atom. The number of aryl methyl sites for hydroxylation is 1. The number of ether oxygens (including phenoxy) is 1. The smallest absolute Gasteiger partial charge is 0.194 e. The maximum absolute atomic E-state index is 6.02. The summed E-state index contributed by atoms with van der Waals surface area (Å²) in [5.74, 6) is 2.98. The summed E-state index contributed by atoms with van der Waals surface area (Å²) in [5, 5.41) is 12.5. The molecule has 0 bridgehead atoms. The predicted octanol–water partition coefficient (Wildman–Crippen LogP) is 3.61. The molecule has 1 aliphatic heterocycles. The molecule has 0 unspecified atom stereocenters. The molecule has 28 heavy (non-hydrogen) atoms. The van der Waals surface area contributed by atoms with Crippen molar-refractivity contribution in [3.05, 3.63) is 40.4 Å². The van der Waals surface area contributed by atoms with Crippen LogP contribution in [0.2, 0.25) is 10.0 Å². The van der Waals surface area contributed by atoms with Gasteiger partial charge in [-0.1, -0.05) is 23.2 Å². The van der Waals surface area contributed by atoms with E-state index < -0.39 is 0 Å². The van der Waals surface area contributed by atoms with Gasteiger partial charge in [0.05, 0.1) is 13.2 Å². The Balaban J connectivity index is 0.00000280. The zero-order chi connectivity index (χ0) is 19.2. The first-order valence-electron chi connectivity index (χ1n) is 8.92. The maximum atomic E-state index is 6.02. The van der Waals surface area contributed by atoms with E-state index >= 15 is 0 Å². The number of aromatic nitrogens is 3. The van der Waals surface area contributed by atoms with E-state index in [9.17, 15) is 0 Å². The minimum Gasteiger partial charge on any atom is -0.493 e. The Morgan fingerprint density at radius 1 is 1.25 bits per heavy atom. The van der Waals surface area contributed by atoms with Gasteiger partial charge in [0.1, 0.15) is 12.1 Å². The molecular formula is C18H25Cl2IN6O. The standard InChI is InChI=1S/C18H24Cl2N6O.HI/c1-21-18(22-10-17-24-23-12-25(17)2)26-5-3-13(4-6-26)11-27-16-8-14(19)7-15(20)9-16;/h7-9,12-13H,3-6,10-11H2,1-2H3,(H,21,22);1H. The summed E-state index contributed by atoms with van der Waals surface area (Å²) in [6.07, 6.45) is 3.77. The fourth-order valence-electron chi connectivity index (χ4n) is 3.09. The molecule has 0 radical (unpaired) electrons. The third-order valence-electron chi connectivity index (χ3n) is 4.66. The molecule has 10 heteroatoms. The van der Waals surface area contributed by atoms with Crippen LogP contribution in [-0.2, 0) is 13.6 Å². The van der Waals surface area contributed by atoms with Crippen LogP contribution in [0.3, 0.4) is 0 Å². The Bertz CT molecular complexity index is 772. The van der Waals surface area contributed by atoms with E-state index in [1.807, 2.05) is 11.6 Å². The second kappa shape index (κ2) is 11.1. The van der Waals surface area contributed by atoms with E-state index in [0.717, 1.165) is 43.5 Å². The topological polar surface area (TPSA) is 67.6 Å². The lowest BCUT2D eigenvalue weighted by atomic mass is 9.98. The fourth-order valence-corrected chi connectivity index (χ4v) is 3.60. The van der Waals surface area contributed by atoms with Crippen LogP contribution in [0.1, 0.15) is 18.7 Å². The lowest BCUT2D eigenvalue weighted by molar-refractivity contribution is 0.179. The van der Waals surface area contributed by atoms with Crippen LogP contribution in [0, 0.1) is 5.92 Å². The molecule has 7 nitrogen and oxygen atoms in total. The van der Waals surface area contributed by atoms with E-state index in [1.165, 1.54) is 0 Å². The van der Waals surface area contributed by atoms with E-state index in [0.29, 0.717) is 29.1 Å². The normalized spacial score (nSPS) is 15.3. The van der Waals surface area contributed by atoms with Crippen molar-refractivity contribution in [2.75, 3.05) is 26.7 Å². The number of hydrogen-bond donors (Lipinski definition) is 1. The summed E-state index contributed by atoms with van der Waals surface area (Å²) in [4.78, 5) is 6.66. The van der Waals surface area contributed by atoms with E-state index in [4.69, 9.17) is 27.9 Å². The highest BCUT2D eigenvalue weighted by Gasteiger charge is 2.22. The monoisotopic (exact) mass is 538 g/mol. The second-order valence-electron chi connectivity index (χ2n) is 6.61. The quantitative estimate of drug-likeness (QED) is 0.358. The molecule has 0 atom stereocenters. The Morgan fingerprint density at radius 3 is 2.50 bits per heavy atom. The highest BCUT2D eigenvalue weighted by Crippen LogP contribution is 2.26. The molecule has 0 aliphatic carbocycles. The van der Waals surface area contributed by atoms with E-state index in [2.05, 4.69) is 25.4 Å². The summed E-state index contributed by atoms with van der Waals surface area (Å²) >= 11 is 12.0.